The van der Waals surface area contributed by atoms with Gasteiger partial charge >= 0.3 is 0 Å². The van der Waals surface area contributed by atoms with Gasteiger partial charge in [-0.25, -0.2) is 8.42 Å². The maximum atomic E-state index is 14.1. The molecule has 220 valence electrons. The van der Waals surface area contributed by atoms with E-state index < -0.39 is 28.5 Å². The fraction of sp³-hybridized carbons (Fsp3) is 0.333. The zero-order chi connectivity index (χ0) is 30.2. The summed E-state index contributed by atoms with van der Waals surface area (Å²) in [4.78, 5) is 28.5. The number of hydrogen-bond acceptors (Lipinski definition) is 6. The summed E-state index contributed by atoms with van der Waals surface area (Å²) >= 11 is 3.45. The number of anilines is 1. The highest BCUT2D eigenvalue weighted by Crippen LogP contribution is 2.36. The number of amides is 2. The van der Waals surface area contributed by atoms with Crippen molar-refractivity contribution in [1.82, 2.24) is 10.2 Å². The summed E-state index contributed by atoms with van der Waals surface area (Å²) < 4.78 is 40.9. The number of nitrogens with one attached hydrogen (secondary N) is 1. The number of halogens is 1. The predicted molar refractivity (Wildman–Crippen MR) is 163 cm³/mol. The van der Waals surface area contributed by atoms with E-state index in [1.54, 1.807) is 31.2 Å². The van der Waals surface area contributed by atoms with Crippen molar-refractivity contribution in [2.75, 3.05) is 31.6 Å². The lowest BCUT2D eigenvalue weighted by Gasteiger charge is -2.32. The molecule has 3 aromatic rings. The average molecular weight is 647 g/mol. The van der Waals surface area contributed by atoms with Gasteiger partial charge < -0.3 is 19.7 Å². The van der Waals surface area contributed by atoms with Gasteiger partial charge in [-0.15, -0.1) is 0 Å². The number of carbonyl (C=O) groups is 2. The molecule has 0 bridgehead atoms. The Kier molecular flexibility index (Phi) is 11.2. The molecule has 3 aromatic carbocycles. The molecule has 0 aliphatic heterocycles. The molecule has 0 saturated heterocycles. The Labute approximate surface area is 250 Å². The quantitative estimate of drug-likeness (QED) is 0.283. The third kappa shape index (κ3) is 8.01. The van der Waals surface area contributed by atoms with Gasteiger partial charge in [0.15, 0.2) is 0 Å². The van der Waals surface area contributed by atoms with Gasteiger partial charge in [0.2, 0.25) is 11.8 Å². The van der Waals surface area contributed by atoms with Gasteiger partial charge in [0.05, 0.1) is 24.8 Å². The number of aryl methyl sites for hydroxylation is 1. The summed E-state index contributed by atoms with van der Waals surface area (Å²) in [6.45, 7) is 5.38. The summed E-state index contributed by atoms with van der Waals surface area (Å²) in [5.41, 5.74) is 1.79. The molecule has 0 aromatic heterocycles. The Morgan fingerprint density at radius 2 is 1.71 bits per heavy atom. The lowest BCUT2D eigenvalue weighted by molar-refractivity contribution is -0.139. The first-order valence-corrected chi connectivity index (χ1v) is 15.4. The van der Waals surface area contributed by atoms with Crippen LogP contribution in [-0.4, -0.2) is 58.5 Å². The van der Waals surface area contributed by atoms with E-state index in [1.807, 2.05) is 38.1 Å². The molecule has 3 rings (SSSR count). The fourth-order valence-electron chi connectivity index (χ4n) is 4.15. The van der Waals surface area contributed by atoms with Crippen LogP contribution in [0.1, 0.15) is 31.4 Å². The van der Waals surface area contributed by atoms with Crippen molar-refractivity contribution < 1.29 is 27.5 Å². The zero-order valence-electron chi connectivity index (χ0n) is 23.9. The minimum Gasteiger partial charge on any atom is -0.497 e. The Morgan fingerprint density at radius 3 is 2.32 bits per heavy atom. The first kappa shape index (κ1) is 32.0. The Hall–Kier alpha value is -3.57. The van der Waals surface area contributed by atoms with Crippen molar-refractivity contribution in [2.45, 2.75) is 44.7 Å². The van der Waals surface area contributed by atoms with Crippen LogP contribution in [0.4, 0.5) is 5.69 Å². The summed E-state index contributed by atoms with van der Waals surface area (Å²) in [7, 11) is -1.37. The third-order valence-corrected chi connectivity index (χ3v) is 8.77. The molecule has 9 nitrogen and oxygen atoms in total. The van der Waals surface area contributed by atoms with Gasteiger partial charge in [-0.2, -0.15) is 0 Å². The summed E-state index contributed by atoms with van der Waals surface area (Å²) in [6.07, 6.45) is 0.732. The number of hydrogen-bond donors (Lipinski definition) is 1. The topological polar surface area (TPSA) is 105 Å². The first-order valence-electron chi connectivity index (χ1n) is 13.1. The number of benzene rings is 3. The van der Waals surface area contributed by atoms with E-state index in [2.05, 4.69) is 21.2 Å². The minimum atomic E-state index is -4.25. The number of carbonyl (C=O) groups excluding carboxylic acids is 2. The van der Waals surface area contributed by atoms with Crippen LogP contribution in [0.15, 0.2) is 76.1 Å². The molecule has 0 saturated carbocycles. The molecular formula is C30H36BrN3O6S. The van der Waals surface area contributed by atoms with Crippen LogP contribution >= 0.6 is 15.9 Å². The second-order valence-corrected chi connectivity index (χ2v) is 12.3. The van der Waals surface area contributed by atoms with Gasteiger partial charge in [0.25, 0.3) is 10.0 Å². The maximum absolute atomic E-state index is 14.1. The van der Waals surface area contributed by atoms with E-state index in [0.717, 1.165) is 26.3 Å². The van der Waals surface area contributed by atoms with Crippen molar-refractivity contribution in [2.24, 2.45) is 0 Å². The largest absolute Gasteiger partial charge is 0.497 e. The smallest absolute Gasteiger partial charge is 0.264 e. The first-order chi connectivity index (χ1) is 19.5. The number of rotatable bonds is 13. The van der Waals surface area contributed by atoms with Crippen LogP contribution in [-0.2, 0) is 26.2 Å². The maximum Gasteiger partial charge on any atom is 0.264 e. The third-order valence-electron chi connectivity index (χ3n) is 6.50. The van der Waals surface area contributed by atoms with Gasteiger partial charge in [-0.3, -0.25) is 13.9 Å². The van der Waals surface area contributed by atoms with Crippen LogP contribution in [0.2, 0.25) is 0 Å². The molecule has 2 amide bonds. The normalized spacial score (nSPS) is 11.9. The highest BCUT2D eigenvalue weighted by Gasteiger charge is 2.34. The fourth-order valence-corrected chi connectivity index (χ4v) is 6.02. The lowest BCUT2D eigenvalue weighted by atomic mass is 10.1. The van der Waals surface area contributed by atoms with E-state index in [-0.39, 0.29) is 28.8 Å². The minimum absolute atomic E-state index is 0.00745. The molecular weight excluding hydrogens is 610 g/mol. The molecule has 0 aliphatic carbocycles. The second-order valence-electron chi connectivity index (χ2n) is 9.48. The average Bonchev–Trinajstić information content (AvgIpc) is 2.96. The molecule has 11 heteroatoms. The molecule has 1 atom stereocenters. The van der Waals surface area contributed by atoms with E-state index in [1.165, 1.54) is 37.3 Å². The van der Waals surface area contributed by atoms with Crippen LogP contribution in [0.5, 0.6) is 11.5 Å². The second kappa shape index (κ2) is 14.4. The highest BCUT2D eigenvalue weighted by atomic mass is 79.9. The van der Waals surface area contributed by atoms with Crippen molar-refractivity contribution >= 4 is 43.5 Å². The number of sulfonamides is 1. The SMILES string of the molecule is CCCNC(=O)[C@@H](C)N(Cc1cccc(Br)c1)C(=O)CN(c1cc(OC)ccc1OC)S(=O)(=O)c1ccc(C)cc1. The lowest BCUT2D eigenvalue weighted by Crippen LogP contribution is -2.51. The van der Waals surface area contributed by atoms with Crippen molar-refractivity contribution in [1.29, 1.82) is 0 Å². The zero-order valence-corrected chi connectivity index (χ0v) is 26.3. The Balaban J connectivity index is 2.11. The van der Waals surface area contributed by atoms with E-state index in [4.69, 9.17) is 9.47 Å². The molecule has 0 fully saturated rings. The molecule has 0 aliphatic rings. The van der Waals surface area contributed by atoms with Crippen molar-refractivity contribution in [3.05, 3.63) is 82.3 Å². The van der Waals surface area contributed by atoms with E-state index in [9.17, 15) is 18.0 Å². The monoisotopic (exact) mass is 645 g/mol. The number of methoxy groups -OCH3 is 2. The van der Waals surface area contributed by atoms with E-state index in [0.29, 0.717) is 12.3 Å². The summed E-state index contributed by atoms with van der Waals surface area (Å²) in [5, 5.41) is 2.83. The Bertz CT molecular complexity index is 1460. The van der Waals surface area contributed by atoms with Gasteiger partial charge in [-0.1, -0.05) is 52.7 Å². The van der Waals surface area contributed by atoms with Gasteiger partial charge in [-0.05, 0) is 62.2 Å². The molecule has 1 N–H and O–H groups in total. The number of ether oxygens (including phenoxy) is 2. The molecule has 0 heterocycles. The van der Waals surface area contributed by atoms with Gasteiger partial charge in [0.1, 0.15) is 24.1 Å². The van der Waals surface area contributed by atoms with Crippen molar-refractivity contribution in [3.63, 3.8) is 0 Å². The van der Waals surface area contributed by atoms with Crippen molar-refractivity contribution in [3.8, 4) is 11.5 Å². The summed E-state index contributed by atoms with van der Waals surface area (Å²) in [6, 6.07) is 17.6. The van der Waals surface area contributed by atoms with Crippen LogP contribution < -0.4 is 19.1 Å². The van der Waals surface area contributed by atoms with Crippen LogP contribution in [0, 0.1) is 6.92 Å². The molecule has 0 spiro atoms. The van der Waals surface area contributed by atoms with Crippen LogP contribution in [0.25, 0.3) is 0 Å². The molecule has 41 heavy (non-hydrogen) atoms. The van der Waals surface area contributed by atoms with E-state index >= 15 is 0 Å². The van der Waals surface area contributed by atoms with Crippen LogP contribution in [0.3, 0.4) is 0 Å². The predicted octanol–water partition coefficient (Wildman–Crippen LogP) is 4.91. The highest BCUT2D eigenvalue weighted by molar-refractivity contribution is 9.10. The standard InChI is InChI=1S/C30H36BrN3O6S/c1-6-16-32-30(36)22(3)33(19-23-8-7-9-24(31)17-23)29(35)20-34(27-18-25(39-4)12-15-28(27)40-5)41(37,38)26-13-10-21(2)11-14-26/h7-15,17-18,22H,6,16,19-20H2,1-5H3,(H,32,36)/t22-/m1/s1. The Morgan fingerprint density at radius 1 is 1.00 bits per heavy atom. The molecule has 0 radical (unpaired) electrons. The van der Waals surface area contributed by atoms with Gasteiger partial charge in [0, 0.05) is 23.6 Å². The molecule has 0 unspecified atom stereocenters. The summed E-state index contributed by atoms with van der Waals surface area (Å²) in [5.74, 6) is -0.274. The number of nitrogens with zero attached hydrogens (tertiary/aromatic N) is 2.